The quantitative estimate of drug-likeness (QED) is 0.576. The smallest absolute Gasteiger partial charge is 0.248 e. The maximum absolute atomic E-state index is 11.2. The van der Waals surface area contributed by atoms with Gasteiger partial charge in [-0.3, -0.25) is 9.69 Å². The minimum absolute atomic E-state index is 0.224. The zero-order chi connectivity index (χ0) is 10.4. The summed E-state index contributed by atoms with van der Waals surface area (Å²) in [6, 6.07) is 0. The molecule has 1 fully saturated rings. The van der Waals surface area contributed by atoms with Crippen molar-refractivity contribution in [3.8, 4) is 0 Å². The fourth-order valence-electron chi connectivity index (χ4n) is 1.61. The van der Waals surface area contributed by atoms with Crippen LogP contribution in [0.2, 0.25) is 0 Å². The van der Waals surface area contributed by atoms with E-state index in [4.69, 9.17) is 5.11 Å². The highest BCUT2D eigenvalue weighted by atomic mass is 16.3. The molecule has 0 aliphatic carbocycles. The molecule has 5 heteroatoms. The molecule has 1 saturated heterocycles. The fourth-order valence-corrected chi connectivity index (χ4v) is 1.61. The van der Waals surface area contributed by atoms with E-state index in [0.29, 0.717) is 26.2 Å². The highest BCUT2D eigenvalue weighted by Crippen LogP contribution is 2.02. The molecule has 14 heavy (non-hydrogen) atoms. The highest BCUT2D eigenvalue weighted by Gasteiger charge is 2.17. The van der Waals surface area contributed by atoms with Crippen molar-refractivity contribution in [3.05, 3.63) is 0 Å². The Balaban J connectivity index is 2.40. The molecule has 0 atom stereocenters. The summed E-state index contributed by atoms with van der Waals surface area (Å²) in [5.41, 5.74) is 0. The van der Waals surface area contributed by atoms with Crippen molar-refractivity contribution >= 4 is 12.2 Å². The molecule has 1 rings (SSSR count). The lowest BCUT2D eigenvalue weighted by atomic mass is 10.4. The number of aldehydes is 1. The van der Waals surface area contributed by atoms with Crippen LogP contribution in [-0.4, -0.2) is 66.4 Å². The number of hydrogen-bond acceptors (Lipinski definition) is 4. The third kappa shape index (κ3) is 3.08. The number of carbonyl (C=O) groups excluding carboxylic acids is 2. The molecule has 0 radical (unpaired) electrons. The van der Waals surface area contributed by atoms with Gasteiger partial charge in [0.2, 0.25) is 5.91 Å². The summed E-state index contributed by atoms with van der Waals surface area (Å²) in [5.74, 6) is -0.224. The van der Waals surface area contributed by atoms with Gasteiger partial charge in [0.1, 0.15) is 12.9 Å². The average Bonchev–Trinajstić information content (AvgIpc) is 2.43. The van der Waals surface area contributed by atoms with Crippen LogP contribution < -0.4 is 0 Å². The predicted molar refractivity (Wildman–Crippen MR) is 50.8 cm³/mol. The normalized spacial score (nSPS) is 19.1. The van der Waals surface area contributed by atoms with Gasteiger partial charge in [-0.1, -0.05) is 0 Å². The Hall–Kier alpha value is -0.940. The minimum atomic E-state index is -0.423. The lowest BCUT2D eigenvalue weighted by Crippen LogP contribution is -2.37. The number of nitrogens with zero attached hydrogens (tertiary/aromatic N) is 2. The number of amides is 1. The largest absolute Gasteiger partial charge is 0.387 e. The lowest BCUT2D eigenvalue weighted by Gasteiger charge is -2.19. The summed E-state index contributed by atoms with van der Waals surface area (Å²) in [4.78, 5) is 25.1. The molecule has 0 unspecified atom stereocenters. The molecule has 5 nitrogen and oxygen atoms in total. The van der Waals surface area contributed by atoms with Crippen molar-refractivity contribution in [2.75, 3.05) is 39.3 Å². The van der Waals surface area contributed by atoms with Gasteiger partial charge >= 0.3 is 0 Å². The topological polar surface area (TPSA) is 60.9 Å². The summed E-state index contributed by atoms with van der Waals surface area (Å²) < 4.78 is 0. The predicted octanol–water partition coefficient (Wildman–Crippen LogP) is -1.29. The Bertz CT molecular complexity index is 208. The average molecular weight is 200 g/mol. The van der Waals surface area contributed by atoms with Gasteiger partial charge in [-0.05, 0) is 6.42 Å². The molecule has 0 saturated carbocycles. The van der Waals surface area contributed by atoms with E-state index >= 15 is 0 Å². The third-order valence-electron chi connectivity index (χ3n) is 2.41. The van der Waals surface area contributed by atoms with Crippen molar-refractivity contribution < 1.29 is 14.7 Å². The van der Waals surface area contributed by atoms with Crippen molar-refractivity contribution in [1.29, 1.82) is 0 Å². The summed E-state index contributed by atoms with van der Waals surface area (Å²) in [6.07, 6.45) is 1.74. The standard InChI is InChI=1S/C9H16N2O3/c12-7-6-10-2-1-3-11(5-4-10)9(14)8-13/h7,13H,1-6,8H2. The Morgan fingerprint density at radius 2 is 2.07 bits per heavy atom. The molecule has 1 aliphatic rings. The maximum atomic E-state index is 11.2. The summed E-state index contributed by atoms with van der Waals surface area (Å²) in [6.45, 7) is 2.84. The number of carbonyl (C=O) groups is 2. The van der Waals surface area contributed by atoms with Crippen LogP contribution in [-0.2, 0) is 9.59 Å². The van der Waals surface area contributed by atoms with Crippen LogP contribution in [0.3, 0.4) is 0 Å². The van der Waals surface area contributed by atoms with Gasteiger partial charge in [-0.25, -0.2) is 0 Å². The molecular formula is C9H16N2O3. The van der Waals surface area contributed by atoms with Crippen LogP contribution in [0.4, 0.5) is 0 Å². The summed E-state index contributed by atoms with van der Waals surface area (Å²) >= 11 is 0. The second-order valence-electron chi connectivity index (χ2n) is 3.36. The first-order valence-corrected chi connectivity index (χ1v) is 4.82. The van der Waals surface area contributed by atoms with Gasteiger partial charge in [0.25, 0.3) is 0 Å². The Kier molecular flexibility index (Phi) is 4.55. The van der Waals surface area contributed by atoms with Crippen LogP contribution in [0.1, 0.15) is 6.42 Å². The molecule has 1 N–H and O–H groups in total. The monoisotopic (exact) mass is 200 g/mol. The van der Waals surface area contributed by atoms with E-state index in [1.54, 1.807) is 4.90 Å². The van der Waals surface area contributed by atoms with Crippen molar-refractivity contribution in [3.63, 3.8) is 0 Å². The van der Waals surface area contributed by atoms with E-state index in [0.717, 1.165) is 19.3 Å². The molecule has 0 spiro atoms. The molecule has 1 amide bonds. The molecule has 1 heterocycles. The van der Waals surface area contributed by atoms with Gasteiger partial charge in [-0.2, -0.15) is 0 Å². The SMILES string of the molecule is O=CCN1CCCN(C(=O)CO)CC1. The first-order chi connectivity index (χ1) is 6.77. The van der Waals surface area contributed by atoms with Crippen molar-refractivity contribution in [2.45, 2.75) is 6.42 Å². The van der Waals surface area contributed by atoms with Gasteiger partial charge in [0.15, 0.2) is 0 Å². The van der Waals surface area contributed by atoms with Crippen molar-refractivity contribution in [1.82, 2.24) is 9.80 Å². The molecule has 0 bridgehead atoms. The van der Waals surface area contributed by atoms with Gasteiger partial charge in [0, 0.05) is 26.2 Å². The first-order valence-electron chi connectivity index (χ1n) is 4.82. The van der Waals surface area contributed by atoms with Gasteiger partial charge < -0.3 is 14.8 Å². The van der Waals surface area contributed by atoms with E-state index in [-0.39, 0.29) is 5.91 Å². The lowest BCUT2D eigenvalue weighted by molar-refractivity contribution is -0.134. The molecular weight excluding hydrogens is 184 g/mol. The molecule has 0 aromatic carbocycles. The summed E-state index contributed by atoms with van der Waals surface area (Å²) in [7, 11) is 0. The second kappa shape index (κ2) is 5.72. The van der Waals surface area contributed by atoms with E-state index in [1.165, 1.54) is 0 Å². The maximum Gasteiger partial charge on any atom is 0.248 e. The fraction of sp³-hybridized carbons (Fsp3) is 0.778. The van der Waals surface area contributed by atoms with Crippen LogP contribution in [0.15, 0.2) is 0 Å². The zero-order valence-corrected chi connectivity index (χ0v) is 8.19. The number of aliphatic hydroxyl groups excluding tert-OH is 1. The van der Waals surface area contributed by atoms with Gasteiger partial charge in [0.05, 0.1) is 6.54 Å². The molecule has 1 aliphatic heterocycles. The summed E-state index contributed by atoms with van der Waals surface area (Å²) in [5, 5.41) is 8.69. The Morgan fingerprint density at radius 1 is 1.29 bits per heavy atom. The molecule has 80 valence electrons. The molecule has 0 aromatic rings. The van der Waals surface area contributed by atoms with Gasteiger partial charge in [-0.15, -0.1) is 0 Å². The Labute approximate surface area is 83.3 Å². The van der Waals surface area contributed by atoms with Crippen LogP contribution in [0, 0.1) is 0 Å². The van der Waals surface area contributed by atoms with E-state index in [9.17, 15) is 9.59 Å². The number of hydrogen-bond donors (Lipinski definition) is 1. The van der Waals surface area contributed by atoms with E-state index < -0.39 is 6.61 Å². The number of aliphatic hydroxyl groups is 1. The Morgan fingerprint density at radius 3 is 2.71 bits per heavy atom. The van der Waals surface area contributed by atoms with Crippen LogP contribution >= 0.6 is 0 Å². The van der Waals surface area contributed by atoms with Crippen LogP contribution in [0.5, 0.6) is 0 Å². The van der Waals surface area contributed by atoms with Crippen molar-refractivity contribution in [2.24, 2.45) is 0 Å². The van der Waals surface area contributed by atoms with E-state index in [1.807, 2.05) is 4.90 Å². The number of rotatable bonds is 3. The highest BCUT2D eigenvalue weighted by molar-refractivity contribution is 5.77. The van der Waals surface area contributed by atoms with Crippen LogP contribution in [0.25, 0.3) is 0 Å². The minimum Gasteiger partial charge on any atom is -0.387 e. The second-order valence-corrected chi connectivity index (χ2v) is 3.36. The molecule has 0 aromatic heterocycles. The van der Waals surface area contributed by atoms with E-state index in [2.05, 4.69) is 0 Å². The zero-order valence-electron chi connectivity index (χ0n) is 8.19. The first kappa shape index (κ1) is 11.1. The third-order valence-corrected chi connectivity index (χ3v) is 2.41.